The molecule has 0 aromatic heterocycles. The predicted molar refractivity (Wildman–Crippen MR) is 114 cm³/mol. The minimum Gasteiger partial charge on any atom is -0.483 e. The normalized spacial score (nSPS) is 15.1. The van der Waals surface area contributed by atoms with Gasteiger partial charge in [-0.25, -0.2) is 13.1 Å². The second-order valence-corrected chi connectivity index (χ2v) is 9.25. The van der Waals surface area contributed by atoms with Gasteiger partial charge in [0, 0.05) is 11.7 Å². The van der Waals surface area contributed by atoms with Crippen LogP contribution in [0, 0.1) is 13.8 Å². The lowest BCUT2D eigenvalue weighted by Gasteiger charge is -2.22. The maximum Gasteiger partial charge on any atom is 0.262 e. The maximum atomic E-state index is 12.5. The number of para-hydroxylation sites is 1. The van der Waals surface area contributed by atoms with Crippen molar-refractivity contribution in [2.24, 2.45) is 0 Å². The number of aryl methyl sites for hydroxylation is 2. The van der Waals surface area contributed by atoms with Gasteiger partial charge in [-0.05, 0) is 62.1 Å². The van der Waals surface area contributed by atoms with Gasteiger partial charge in [0.2, 0.25) is 10.0 Å². The molecule has 1 amide bonds. The molecule has 1 aliphatic carbocycles. The van der Waals surface area contributed by atoms with Crippen molar-refractivity contribution in [3.63, 3.8) is 0 Å². The summed E-state index contributed by atoms with van der Waals surface area (Å²) >= 11 is 0. The van der Waals surface area contributed by atoms with Crippen LogP contribution in [-0.2, 0) is 14.8 Å². The van der Waals surface area contributed by atoms with Gasteiger partial charge >= 0.3 is 0 Å². The highest BCUT2D eigenvalue weighted by atomic mass is 32.2. The topological polar surface area (TPSA) is 84.5 Å². The van der Waals surface area contributed by atoms with Crippen molar-refractivity contribution >= 4 is 21.6 Å². The van der Waals surface area contributed by atoms with E-state index in [4.69, 9.17) is 4.74 Å². The average molecular weight is 417 g/mol. The maximum absolute atomic E-state index is 12.5. The summed E-state index contributed by atoms with van der Waals surface area (Å²) in [5.74, 6) is 0.404. The summed E-state index contributed by atoms with van der Waals surface area (Å²) in [4.78, 5) is 12.4. The highest BCUT2D eigenvalue weighted by Crippen LogP contribution is 2.23. The zero-order chi connectivity index (χ0) is 20.9. The number of carbonyl (C=O) groups is 1. The molecule has 0 radical (unpaired) electrons. The number of hydrogen-bond donors (Lipinski definition) is 2. The Labute approximate surface area is 172 Å². The molecule has 0 atom stereocenters. The molecule has 1 saturated carbocycles. The number of nitrogens with one attached hydrogen (secondary N) is 2. The molecule has 0 saturated heterocycles. The van der Waals surface area contributed by atoms with Crippen LogP contribution in [0.25, 0.3) is 0 Å². The van der Waals surface area contributed by atoms with Crippen LogP contribution < -0.4 is 14.8 Å². The fourth-order valence-electron chi connectivity index (χ4n) is 3.59. The monoisotopic (exact) mass is 416 g/mol. The molecular weight excluding hydrogens is 388 g/mol. The number of sulfonamides is 1. The molecule has 3 rings (SSSR count). The van der Waals surface area contributed by atoms with Crippen LogP contribution in [0.2, 0.25) is 0 Å². The Hall–Kier alpha value is -2.38. The molecule has 29 heavy (non-hydrogen) atoms. The lowest BCUT2D eigenvalue weighted by molar-refractivity contribution is -0.118. The molecule has 0 unspecified atom stereocenters. The molecule has 7 heteroatoms. The standard InChI is InChI=1S/C22H28N2O4S/c1-16-7-6-8-17(2)22(16)28-15-21(25)23-18-11-13-20(14-12-18)29(26,27)24-19-9-4-3-5-10-19/h6-8,11-14,19,24H,3-5,9-10,15H2,1-2H3,(H,23,25). The molecule has 2 N–H and O–H groups in total. The van der Waals surface area contributed by atoms with E-state index < -0.39 is 10.0 Å². The number of benzene rings is 2. The fraction of sp³-hybridized carbons (Fsp3) is 0.409. The van der Waals surface area contributed by atoms with Crippen LogP contribution in [0.4, 0.5) is 5.69 Å². The summed E-state index contributed by atoms with van der Waals surface area (Å²) in [5, 5.41) is 2.73. The largest absolute Gasteiger partial charge is 0.483 e. The highest BCUT2D eigenvalue weighted by Gasteiger charge is 2.21. The third-order valence-electron chi connectivity index (χ3n) is 5.13. The van der Waals surface area contributed by atoms with Crippen molar-refractivity contribution in [1.82, 2.24) is 4.72 Å². The fourth-order valence-corrected chi connectivity index (χ4v) is 4.89. The number of anilines is 1. The molecule has 0 bridgehead atoms. The summed E-state index contributed by atoms with van der Waals surface area (Å²) in [5.41, 5.74) is 2.47. The first-order valence-corrected chi connectivity index (χ1v) is 11.4. The van der Waals surface area contributed by atoms with E-state index in [0.29, 0.717) is 11.4 Å². The molecule has 2 aromatic carbocycles. The first-order valence-electron chi connectivity index (χ1n) is 9.96. The summed E-state index contributed by atoms with van der Waals surface area (Å²) in [6.45, 7) is 3.75. The molecule has 0 aliphatic heterocycles. The Balaban J connectivity index is 1.56. The Morgan fingerprint density at radius 3 is 2.24 bits per heavy atom. The zero-order valence-electron chi connectivity index (χ0n) is 16.9. The summed E-state index contributed by atoms with van der Waals surface area (Å²) in [6, 6.07) is 12.0. The van der Waals surface area contributed by atoms with Gasteiger partial charge < -0.3 is 10.1 Å². The van der Waals surface area contributed by atoms with Crippen LogP contribution in [0.3, 0.4) is 0 Å². The van der Waals surface area contributed by atoms with E-state index in [2.05, 4.69) is 10.0 Å². The van der Waals surface area contributed by atoms with Crippen molar-refractivity contribution in [3.8, 4) is 5.75 Å². The van der Waals surface area contributed by atoms with Crippen molar-refractivity contribution < 1.29 is 17.9 Å². The van der Waals surface area contributed by atoms with Gasteiger partial charge in [-0.3, -0.25) is 4.79 Å². The smallest absolute Gasteiger partial charge is 0.262 e. The van der Waals surface area contributed by atoms with Crippen LogP contribution >= 0.6 is 0 Å². The van der Waals surface area contributed by atoms with Gasteiger partial charge in [-0.2, -0.15) is 0 Å². The van der Waals surface area contributed by atoms with Crippen LogP contribution in [0.1, 0.15) is 43.2 Å². The quantitative estimate of drug-likeness (QED) is 0.716. The number of amides is 1. The van der Waals surface area contributed by atoms with E-state index >= 15 is 0 Å². The minimum absolute atomic E-state index is 0.00942. The van der Waals surface area contributed by atoms with Crippen LogP contribution in [0.15, 0.2) is 47.4 Å². The highest BCUT2D eigenvalue weighted by molar-refractivity contribution is 7.89. The predicted octanol–water partition coefficient (Wildman–Crippen LogP) is 3.93. The third kappa shape index (κ3) is 5.81. The van der Waals surface area contributed by atoms with E-state index in [-0.39, 0.29) is 23.5 Å². The van der Waals surface area contributed by atoms with Gasteiger partial charge in [-0.15, -0.1) is 0 Å². The first kappa shape index (κ1) is 21.3. The molecule has 2 aromatic rings. The van der Waals surface area contributed by atoms with Gasteiger partial charge in [0.15, 0.2) is 6.61 Å². The third-order valence-corrected chi connectivity index (χ3v) is 6.67. The molecule has 0 heterocycles. The number of ether oxygens (including phenoxy) is 1. The number of hydrogen-bond acceptors (Lipinski definition) is 4. The number of carbonyl (C=O) groups excluding carboxylic acids is 1. The minimum atomic E-state index is -3.55. The summed E-state index contributed by atoms with van der Waals surface area (Å²) < 4.78 is 33.5. The number of rotatable bonds is 7. The molecule has 1 aliphatic rings. The average Bonchev–Trinajstić information content (AvgIpc) is 2.68. The van der Waals surface area contributed by atoms with Gasteiger partial charge in [0.25, 0.3) is 5.91 Å². The SMILES string of the molecule is Cc1cccc(C)c1OCC(=O)Nc1ccc(S(=O)(=O)NC2CCCCC2)cc1. The van der Waals surface area contributed by atoms with Crippen molar-refractivity contribution in [2.75, 3.05) is 11.9 Å². The lowest BCUT2D eigenvalue weighted by Crippen LogP contribution is -2.36. The van der Waals surface area contributed by atoms with E-state index in [1.54, 1.807) is 12.1 Å². The second kappa shape index (κ2) is 9.41. The molecular formula is C22H28N2O4S. The molecule has 0 spiro atoms. The first-order chi connectivity index (χ1) is 13.8. The van der Waals surface area contributed by atoms with Crippen LogP contribution in [0.5, 0.6) is 5.75 Å². The van der Waals surface area contributed by atoms with E-state index in [9.17, 15) is 13.2 Å². The summed E-state index contributed by atoms with van der Waals surface area (Å²) in [7, 11) is -3.55. The molecule has 1 fully saturated rings. The Morgan fingerprint density at radius 2 is 1.62 bits per heavy atom. The Kier molecular flexibility index (Phi) is 6.92. The van der Waals surface area contributed by atoms with Crippen molar-refractivity contribution in [3.05, 3.63) is 53.6 Å². The lowest BCUT2D eigenvalue weighted by atomic mass is 9.96. The van der Waals surface area contributed by atoms with Crippen LogP contribution in [-0.4, -0.2) is 27.0 Å². The van der Waals surface area contributed by atoms with E-state index in [1.807, 2.05) is 32.0 Å². The van der Waals surface area contributed by atoms with Gasteiger partial charge in [0.05, 0.1) is 4.90 Å². The van der Waals surface area contributed by atoms with Gasteiger partial charge in [-0.1, -0.05) is 37.5 Å². The Bertz CT molecular complexity index is 929. The van der Waals surface area contributed by atoms with Crippen molar-refractivity contribution in [2.45, 2.75) is 56.9 Å². The van der Waals surface area contributed by atoms with E-state index in [0.717, 1.165) is 36.8 Å². The zero-order valence-corrected chi connectivity index (χ0v) is 17.7. The molecule has 156 valence electrons. The van der Waals surface area contributed by atoms with Crippen molar-refractivity contribution in [1.29, 1.82) is 0 Å². The van der Waals surface area contributed by atoms with E-state index in [1.165, 1.54) is 18.6 Å². The van der Waals surface area contributed by atoms with Gasteiger partial charge in [0.1, 0.15) is 5.75 Å². The summed E-state index contributed by atoms with van der Waals surface area (Å²) in [6.07, 6.45) is 5.05. The molecule has 6 nitrogen and oxygen atoms in total. The second-order valence-electron chi connectivity index (χ2n) is 7.54. The Morgan fingerprint density at radius 1 is 1.00 bits per heavy atom.